The van der Waals surface area contributed by atoms with Gasteiger partial charge in [0.1, 0.15) is 17.4 Å². The minimum atomic E-state index is -0.0344. The molecule has 134 valence electrons. The van der Waals surface area contributed by atoms with Crippen LogP contribution in [0.4, 0.5) is 5.69 Å². The highest BCUT2D eigenvalue weighted by Gasteiger charge is 2.17. The highest BCUT2D eigenvalue weighted by molar-refractivity contribution is 5.92. The van der Waals surface area contributed by atoms with E-state index in [4.69, 9.17) is 4.74 Å². The normalized spacial score (nSPS) is 14.2. The molecule has 1 aromatic heterocycles. The molecule has 7 nitrogen and oxygen atoms in total. The number of fused-ring (bicyclic) bond motifs is 1. The van der Waals surface area contributed by atoms with E-state index in [-0.39, 0.29) is 11.9 Å². The van der Waals surface area contributed by atoms with E-state index in [1.165, 1.54) is 0 Å². The van der Waals surface area contributed by atoms with Crippen LogP contribution in [0.3, 0.4) is 0 Å². The van der Waals surface area contributed by atoms with E-state index in [0.717, 1.165) is 44.0 Å². The van der Waals surface area contributed by atoms with Crippen LogP contribution in [-0.4, -0.2) is 40.4 Å². The summed E-state index contributed by atoms with van der Waals surface area (Å²) in [6.07, 6.45) is 3.41. The van der Waals surface area contributed by atoms with Crippen LogP contribution >= 0.6 is 0 Å². The lowest BCUT2D eigenvalue weighted by Gasteiger charge is -2.15. The van der Waals surface area contributed by atoms with Gasteiger partial charge in [-0.15, -0.1) is 10.2 Å². The van der Waals surface area contributed by atoms with E-state index in [2.05, 4.69) is 25.4 Å². The average molecular weight is 343 g/mol. The Kier molecular flexibility index (Phi) is 5.65. The Labute approximate surface area is 147 Å². The van der Waals surface area contributed by atoms with E-state index >= 15 is 0 Å². The van der Waals surface area contributed by atoms with Crippen molar-refractivity contribution in [2.24, 2.45) is 0 Å². The lowest BCUT2D eigenvalue weighted by Crippen LogP contribution is -2.32. The number of hydrogen-bond donors (Lipinski definition) is 2. The molecule has 1 atom stereocenters. The van der Waals surface area contributed by atoms with Crippen molar-refractivity contribution < 1.29 is 9.53 Å². The van der Waals surface area contributed by atoms with E-state index < -0.39 is 0 Å². The first-order chi connectivity index (χ1) is 12.2. The largest absolute Gasteiger partial charge is 0.495 e. The molecular formula is C18H25N5O2. The Hall–Kier alpha value is -2.41. The molecule has 2 heterocycles. The molecule has 1 aromatic carbocycles. The Morgan fingerprint density at radius 3 is 3.04 bits per heavy atom. The van der Waals surface area contributed by atoms with Crippen LogP contribution in [-0.2, 0) is 24.2 Å². The first kappa shape index (κ1) is 17.4. The summed E-state index contributed by atoms with van der Waals surface area (Å²) < 4.78 is 7.46. The number of nitrogens with one attached hydrogen (secondary N) is 2. The molecular weight excluding hydrogens is 318 g/mol. The first-order valence-corrected chi connectivity index (χ1v) is 8.74. The summed E-state index contributed by atoms with van der Waals surface area (Å²) in [6, 6.07) is 7.49. The molecule has 0 saturated heterocycles. The third-order valence-corrected chi connectivity index (χ3v) is 4.40. The summed E-state index contributed by atoms with van der Waals surface area (Å²) >= 11 is 0. The van der Waals surface area contributed by atoms with Crippen molar-refractivity contribution >= 4 is 11.6 Å². The van der Waals surface area contributed by atoms with Gasteiger partial charge in [-0.2, -0.15) is 0 Å². The van der Waals surface area contributed by atoms with Gasteiger partial charge in [0.2, 0.25) is 5.91 Å². The molecule has 0 bridgehead atoms. The van der Waals surface area contributed by atoms with Crippen LogP contribution in [0.5, 0.6) is 5.75 Å². The molecule has 0 spiro atoms. The van der Waals surface area contributed by atoms with Crippen LogP contribution in [0.2, 0.25) is 0 Å². The van der Waals surface area contributed by atoms with Crippen LogP contribution in [0.15, 0.2) is 24.3 Å². The predicted octanol–water partition coefficient (Wildman–Crippen LogP) is 1.78. The number of methoxy groups -OCH3 is 1. The van der Waals surface area contributed by atoms with Gasteiger partial charge in [0.05, 0.1) is 12.8 Å². The topological polar surface area (TPSA) is 81.1 Å². The first-order valence-electron chi connectivity index (χ1n) is 8.74. The van der Waals surface area contributed by atoms with Crippen molar-refractivity contribution in [3.8, 4) is 5.75 Å². The summed E-state index contributed by atoms with van der Waals surface area (Å²) in [5.41, 5.74) is 0.696. The molecule has 2 aromatic rings. The van der Waals surface area contributed by atoms with Gasteiger partial charge >= 0.3 is 0 Å². The zero-order valence-electron chi connectivity index (χ0n) is 14.8. The lowest BCUT2D eigenvalue weighted by molar-refractivity contribution is -0.116. The van der Waals surface area contributed by atoms with Gasteiger partial charge in [-0.05, 0) is 25.5 Å². The minimum Gasteiger partial charge on any atom is -0.495 e. The number of anilines is 1. The molecule has 0 aliphatic carbocycles. The second kappa shape index (κ2) is 8.11. The number of carbonyl (C=O) groups is 1. The number of ether oxygens (including phenoxy) is 1. The standard InChI is InChI=1S/C18H25N5O2/c1-13(12-18(24)20-14-6-3-4-7-15(14)25-2)19-10-9-17-22-21-16-8-5-11-23(16)17/h3-4,6-7,13,19H,5,8-12H2,1-2H3,(H,20,24). The fraction of sp³-hybridized carbons (Fsp3) is 0.500. The molecule has 0 fully saturated rings. The van der Waals surface area contributed by atoms with Crippen LogP contribution in [0, 0.1) is 0 Å². The number of rotatable bonds is 8. The van der Waals surface area contributed by atoms with E-state index in [9.17, 15) is 4.79 Å². The maximum atomic E-state index is 12.2. The van der Waals surface area contributed by atoms with Crippen LogP contribution in [0.1, 0.15) is 31.4 Å². The number of amides is 1. The highest BCUT2D eigenvalue weighted by Crippen LogP contribution is 2.23. The molecule has 0 saturated carbocycles. The molecule has 1 amide bonds. The maximum Gasteiger partial charge on any atom is 0.226 e. The Bertz CT molecular complexity index is 728. The number of para-hydroxylation sites is 2. The molecule has 3 rings (SSSR count). The lowest BCUT2D eigenvalue weighted by atomic mass is 10.2. The summed E-state index contributed by atoms with van der Waals surface area (Å²) in [6.45, 7) is 3.81. The van der Waals surface area contributed by atoms with Gasteiger partial charge in [0.25, 0.3) is 0 Å². The average Bonchev–Trinajstić information content (AvgIpc) is 3.20. The molecule has 1 aliphatic heterocycles. The minimum absolute atomic E-state index is 0.0344. The smallest absolute Gasteiger partial charge is 0.226 e. The van der Waals surface area contributed by atoms with Gasteiger partial charge in [-0.25, -0.2) is 0 Å². The molecule has 7 heteroatoms. The second-order valence-electron chi connectivity index (χ2n) is 6.35. The molecule has 1 unspecified atom stereocenters. The van der Waals surface area contributed by atoms with Crippen molar-refractivity contribution in [3.63, 3.8) is 0 Å². The number of aryl methyl sites for hydroxylation is 1. The number of hydrogen-bond acceptors (Lipinski definition) is 5. The summed E-state index contributed by atoms with van der Waals surface area (Å²) in [5.74, 6) is 2.76. The summed E-state index contributed by atoms with van der Waals surface area (Å²) in [4.78, 5) is 12.2. The monoisotopic (exact) mass is 343 g/mol. The van der Waals surface area contributed by atoms with Crippen molar-refractivity contribution in [3.05, 3.63) is 35.9 Å². The SMILES string of the molecule is COc1ccccc1NC(=O)CC(C)NCCc1nnc2n1CCC2. The Morgan fingerprint density at radius 1 is 1.36 bits per heavy atom. The fourth-order valence-corrected chi connectivity index (χ4v) is 3.13. The van der Waals surface area contributed by atoms with Crippen LogP contribution in [0.25, 0.3) is 0 Å². The third-order valence-electron chi connectivity index (χ3n) is 4.40. The van der Waals surface area contributed by atoms with Gasteiger partial charge < -0.3 is 19.9 Å². The number of carbonyl (C=O) groups excluding carboxylic acids is 1. The van der Waals surface area contributed by atoms with Gasteiger partial charge in [0.15, 0.2) is 0 Å². The third kappa shape index (κ3) is 4.36. The Balaban J connectivity index is 1.42. The molecule has 0 radical (unpaired) electrons. The number of aromatic nitrogens is 3. The predicted molar refractivity (Wildman–Crippen MR) is 95.8 cm³/mol. The Morgan fingerprint density at radius 2 is 2.20 bits per heavy atom. The quantitative estimate of drug-likeness (QED) is 0.764. The zero-order valence-corrected chi connectivity index (χ0v) is 14.8. The van der Waals surface area contributed by atoms with Gasteiger partial charge in [-0.3, -0.25) is 4.79 Å². The van der Waals surface area contributed by atoms with Gasteiger partial charge in [0, 0.05) is 38.4 Å². The maximum absolute atomic E-state index is 12.2. The zero-order chi connectivity index (χ0) is 17.6. The van der Waals surface area contributed by atoms with Crippen molar-refractivity contribution in [1.82, 2.24) is 20.1 Å². The van der Waals surface area contributed by atoms with Crippen LogP contribution < -0.4 is 15.4 Å². The number of benzene rings is 1. The highest BCUT2D eigenvalue weighted by atomic mass is 16.5. The van der Waals surface area contributed by atoms with Crippen molar-refractivity contribution in [2.45, 2.75) is 45.2 Å². The molecule has 2 N–H and O–H groups in total. The molecule has 1 aliphatic rings. The summed E-state index contributed by atoms with van der Waals surface area (Å²) in [5, 5.41) is 14.7. The van der Waals surface area contributed by atoms with E-state index in [1.54, 1.807) is 7.11 Å². The van der Waals surface area contributed by atoms with Crippen molar-refractivity contribution in [2.75, 3.05) is 19.0 Å². The second-order valence-corrected chi connectivity index (χ2v) is 6.35. The summed E-state index contributed by atoms with van der Waals surface area (Å²) in [7, 11) is 1.59. The van der Waals surface area contributed by atoms with Gasteiger partial charge in [-0.1, -0.05) is 12.1 Å². The van der Waals surface area contributed by atoms with E-state index in [0.29, 0.717) is 17.9 Å². The molecule has 25 heavy (non-hydrogen) atoms. The van der Waals surface area contributed by atoms with Crippen molar-refractivity contribution in [1.29, 1.82) is 0 Å². The fourth-order valence-electron chi connectivity index (χ4n) is 3.13. The number of nitrogens with zero attached hydrogens (tertiary/aromatic N) is 3. The van der Waals surface area contributed by atoms with E-state index in [1.807, 2.05) is 31.2 Å².